The van der Waals surface area contributed by atoms with Crippen LogP contribution in [0.4, 0.5) is 4.39 Å². The molecule has 2 N–H and O–H groups in total. The maximum atomic E-state index is 13.4. The van der Waals surface area contributed by atoms with Crippen LogP contribution >= 0.6 is 0 Å². The highest BCUT2D eigenvalue weighted by molar-refractivity contribution is 5.92. The Labute approximate surface area is 141 Å². The van der Waals surface area contributed by atoms with E-state index in [0.717, 1.165) is 0 Å². The fraction of sp³-hybridized carbons (Fsp3) is 0.0588. The number of hydrogen-bond donors (Lipinski definition) is 1. The number of carbonyl (C=O) groups is 1. The molecule has 0 fully saturated rings. The highest BCUT2D eigenvalue weighted by Crippen LogP contribution is 2.22. The number of nitrogens with zero attached hydrogens (tertiary/aromatic N) is 5. The van der Waals surface area contributed by atoms with Crippen LogP contribution < -0.4 is 5.73 Å². The first kappa shape index (κ1) is 15.0. The third-order valence-corrected chi connectivity index (χ3v) is 3.84. The van der Waals surface area contributed by atoms with Crippen molar-refractivity contribution in [2.24, 2.45) is 12.8 Å². The van der Waals surface area contributed by atoms with E-state index in [1.165, 1.54) is 16.8 Å². The predicted octanol–water partition coefficient (Wildman–Crippen LogP) is 2.03. The molecule has 0 saturated heterocycles. The summed E-state index contributed by atoms with van der Waals surface area (Å²) in [5.41, 5.74) is 7.97. The lowest BCUT2D eigenvalue weighted by Gasteiger charge is -1.96. The number of aromatic nitrogens is 5. The second kappa shape index (κ2) is 5.52. The maximum absolute atomic E-state index is 13.4. The van der Waals surface area contributed by atoms with Crippen LogP contribution in [-0.4, -0.2) is 30.1 Å². The lowest BCUT2D eigenvalue weighted by atomic mass is 10.2. The summed E-state index contributed by atoms with van der Waals surface area (Å²) >= 11 is 0. The van der Waals surface area contributed by atoms with E-state index < -0.39 is 5.91 Å². The molecule has 8 heteroatoms. The van der Waals surface area contributed by atoms with E-state index in [1.54, 1.807) is 48.1 Å². The first-order valence-electron chi connectivity index (χ1n) is 7.47. The van der Waals surface area contributed by atoms with E-state index in [4.69, 9.17) is 5.73 Å². The molecule has 0 aliphatic carbocycles. The van der Waals surface area contributed by atoms with E-state index in [-0.39, 0.29) is 5.82 Å². The minimum Gasteiger partial charge on any atom is -0.364 e. The van der Waals surface area contributed by atoms with Crippen molar-refractivity contribution in [3.8, 4) is 22.6 Å². The number of imidazole rings is 1. The number of benzene rings is 1. The Hall–Kier alpha value is -3.55. The summed E-state index contributed by atoms with van der Waals surface area (Å²) in [6.45, 7) is 0. The number of aryl methyl sites for hydroxylation is 1. The smallest absolute Gasteiger partial charge is 0.266 e. The molecule has 0 saturated carbocycles. The molecule has 4 rings (SSSR count). The molecule has 25 heavy (non-hydrogen) atoms. The van der Waals surface area contributed by atoms with Crippen LogP contribution in [0.1, 0.15) is 10.5 Å². The van der Waals surface area contributed by atoms with Gasteiger partial charge < -0.3 is 5.73 Å². The molecular weight excluding hydrogens is 323 g/mol. The van der Waals surface area contributed by atoms with Gasteiger partial charge in [0.05, 0.1) is 11.4 Å². The molecule has 1 aromatic carbocycles. The van der Waals surface area contributed by atoms with Gasteiger partial charge in [-0.25, -0.2) is 14.4 Å². The molecule has 0 bridgehead atoms. The highest BCUT2D eigenvalue weighted by atomic mass is 19.1. The Balaban J connectivity index is 1.78. The third kappa shape index (κ3) is 2.63. The largest absolute Gasteiger partial charge is 0.364 e. The fourth-order valence-corrected chi connectivity index (χ4v) is 2.62. The van der Waals surface area contributed by atoms with Crippen molar-refractivity contribution < 1.29 is 9.18 Å². The Morgan fingerprint density at radius 1 is 1.12 bits per heavy atom. The fourth-order valence-electron chi connectivity index (χ4n) is 2.62. The Bertz CT molecular complexity index is 1110. The third-order valence-electron chi connectivity index (χ3n) is 3.84. The lowest BCUT2D eigenvalue weighted by molar-refractivity contribution is 0.0991. The second-order valence-corrected chi connectivity index (χ2v) is 5.56. The second-order valence-electron chi connectivity index (χ2n) is 5.56. The van der Waals surface area contributed by atoms with Crippen molar-refractivity contribution in [1.82, 2.24) is 24.1 Å². The zero-order chi connectivity index (χ0) is 17.6. The van der Waals surface area contributed by atoms with Crippen molar-refractivity contribution in [3.05, 3.63) is 60.3 Å². The number of nitrogens with two attached hydrogens (primary N) is 1. The molecule has 0 aliphatic heterocycles. The van der Waals surface area contributed by atoms with Gasteiger partial charge in [-0.3, -0.25) is 13.9 Å². The van der Waals surface area contributed by atoms with Gasteiger partial charge in [0.2, 0.25) is 5.78 Å². The van der Waals surface area contributed by atoms with Gasteiger partial charge in [0, 0.05) is 25.0 Å². The Morgan fingerprint density at radius 2 is 1.92 bits per heavy atom. The minimum absolute atomic E-state index is 0.292. The molecule has 0 atom stereocenters. The number of amides is 1. The summed E-state index contributed by atoms with van der Waals surface area (Å²) in [6.07, 6.45) is 3.56. The SMILES string of the molecule is Cn1nc(-c2ccn3cc(-c4cccc(F)c4)nc3n2)cc1C(N)=O. The molecule has 0 spiro atoms. The average Bonchev–Trinajstić information content (AvgIpc) is 3.17. The van der Waals surface area contributed by atoms with Crippen molar-refractivity contribution >= 4 is 11.7 Å². The van der Waals surface area contributed by atoms with E-state index >= 15 is 0 Å². The van der Waals surface area contributed by atoms with Gasteiger partial charge in [-0.1, -0.05) is 12.1 Å². The monoisotopic (exact) mass is 336 g/mol. The zero-order valence-corrected chi connectivity index (χ0v) is 13.2. The summed E-state index contributed by atoms with van der Waals surface area (Å²) in [4.78, 5) is 20.3. The average molecular weight is 336 g/mol. The van der Waals surface area contributed by atoms with Crippen molar-refractivity contribution in [3.63, 3.8) is 0 Å². The summed E-state index contributed by atoms with van der Waals surface area (Å²) in [5, 5.41) is 4.25. The Morgan fingerprint density at radius 3 is 2.64 bits per heavy atom. The van der Waals surface area contributed by atoms with Gasteiger partial charge in [0.1, 0.15) is 17.2 Å². The molecule has 7 nitrogen and oxygen atoms in total. The van der Waals surface area contributed by atoms with Crippen LogP contribution in [0.2, 0.25) is 0 Å². The van der Waals surface area contributed by atoms with Gasteiger partial charge in [0.25, 0.3) is 5.91 Å². The topological polar surface area (TPSA) is 91.1 Å². The zero-order valence-electron chi connectivity index (χ0n) is 13.2. The minimum atomic E-state index is -0.559. The first-order chi connectivity index (χ1) is 12.0. The standard InChI is InChI=1S/C17H13FN6O/c1-23-15(16(19)25)8-13(22-23)12-5-6-24-9-14(21-17(24)20-12)10-3-2-4-11(18)7-10/h2-9H,1H3,(H2,19,25). The van der Waals surface area contributed by atoms with Crippen LogP contribution in [0, 0.1) is 5.82 Å². The quantitative estimate of drug-likeness (QED) is 0.620. The van der Waals surface area contributed by atoms with E-state index in [2.05, 4.69) is 15.1 Å². The molecule has 124 valence electrons. The normalized spacial score (nSPS) is 11.1. The van der Waals surface area contributed by atoms with Gasteiger partial charge >= 0.3 is 0 Å². The molecule has 0 unspecified atom stereocenters. The number of halogens is 1. The van der Waals surface area contributed by atoms with Crippen molar-refractivity contribution in [2.45, 2.75) is 0 Å². The van der Waals surface area contributed by atoms with E-state index in [1.807, 2.05) is 0 Å². The van der Waals surface area contributed by atoms with Crippen LogP contribution in [0.5, 0.6) is 0 Å². The Kier molecular flexibility index (Phi) is 3.31. The number of carbonyl (C=O) groups excluding carboxylic acids is 1. The highest BCUT2D eigenvalue weighted by Gasteiger charge is 2.14. The maximum Gasteiger partial charge on any atom is 0.266 e. The van der Waals surface area contributed by atoms with Gasteiger partial charge in [-0.15, -0.1) is 0 Å². The number of fused-ring (bicyclic) bond motifs is 1. The lowest BCUT2D eigenvalue weighted by Crippen LogP contribution is -2.15. The van der Waals surface area contributed by atoms with E-state index in [9.17, 15) is 9.18 Å². The molecular formula is C17H13FN6O. The van der Waals surface area contributed by atoms with Gasteiger partial charge in [-0.05, 0) is 24.3 Å². The number of rotatable bonds is 3. The molecule has 0 radical (unpaired) electrons. The van der Waals surface area contributed by atoms with Crippen LogP contribution in [0.3, 0.4) is 0 Å². The first-order valence-corrected chi connectivity index (χ1v) is 7.47. The summed E-state index contributed by atoms with van der Waals surface area (Å²) in [6, 6.07) is 9.55. The number of hydrogen-bond acceptors (Lipinski definition) is 4. The van der Waals surface area contributed by atoms with Crippen LogP contribution in [-0.2, 0) is 7.05 Å². The van der Waals surface area contributed by atoms with Crippen molar-refractivity contribution in [1.29, 1.82) is 0 Å². The predicted molar refractivity (Wildman–Crippen MR) is 89.1 cm³/mol. The summed E-state index contributed by atoms with van der Waals surface area (Å²) in [5.74, 6) is -0.435. The summed E-state index contributed by atoms with van der Waals surface area (Å²) in [7, 11) is 1.64. The molecule has 1 amide bonds. The van der Waals surface area contributed by atoms with Crippen molar-refractivity contribution in [2.75, 3.05) is 0 Å². The van der Waals surface area contributed by atoms with Gasteiger partial charge in [-0.2, -0.15) is 5.10 Å². The molecule has 0 aliphatic rings. The number of primary amides is 1. The molecule has 4 aromatic rings. The van der Waals surface area contributed by atoms with E-state index in [0.29, 0.717) is 34.1 Å². The van der Waals surface area contributed by atoms with Crippen LogP contribution in [0.15, 0.2) is 48.8 Å². The summed E-state index contributed by atoms with van der Waals surface area (Å²) < 4.78 is 16.5. The molecule has 3 heterocycles. The van der Waals surface area contributed by atoms with Crippen LogP contribution in [0.25, 0.3) is 28.4 Å². The van der Waals surface area contributed by atoms with Gasteiger partial charge in [0.15, 0.2) is 0 Å². The molecule has 3 aromatic heterocycles.